The topological polar surface area (TPSA) is 47.6 Å². The molecule has 0 aliphatic carbocycles. The van der Waals surface area contributed by atoms with Crippen LogP contribution in [0.4, 0.5) is 4.39 Å². The summed E-state index contributed by atoms with van der Waals surface area (Å²) < 4.78 is 24.0. The molecule has 1 aromatic carbocycles. The number of methoxy groups -OCH3 is 2. The molecule has 0 radical (unpaired) electrons. The molecular formula is C12H15BrFNO3. The van der Waals surface area contributed by atoms with E-state index in [2.05, 4.69) is 21.2 Å². The molecule has 1 rings (SSSR count). The molecule has 0 aromatic heterocycles. The van der Waals surface area contributed by atoms with Gasteiger partial charge >= 0.3 is 0 Å². The molecule has 0 fully saturated rings. The van der Waals surface area contributed by atoms with Crippen molar-refractivity contribution in [1.82, 2.24) is 5.32 Å². The molecular weight excluding hydrogens is 305 g/mol. The standard InChI is InChI=1S/C12H15BrFNO3/c1-17-12(18-2)7-15-11(16)6-8-5-9(13)3-4-10(8)14/h3-5,12H,6-7H2,1-2H3,(H,15,16). The number of benzene rings is 1. The van der Waals surface area contributed by atoms with Gasteiger partial charge in [-0.25, -0.2) is 4.39 Å². The molecule has 0 heterocycles. The number of carbonyl (C=O) groups excluding carboxylic acids is 1. The van der Waals surface area contributed by atoms with Crippen molar-refractivity contribution in [2.45, 2.75) is 12.7 Å². The van der Waals surface area contributed by atoms with Crippen LogP contribution >= 0.6 is 15.9 Å². The number of rotatable bonds is 6. The van der Waals surface area contributed by atoms with Crippen LogP contribution in [0.3, 0.4) is 0 Å². The second-order valence-electron chi connectivity index (χ2n) is 3.62. The van der Waals surface area contributed by atoms with Gasteiger partial charge in [-0.2, -0.15) is 0 Å². The Hall–Kier alpha value is -0.980. The summed E-state index contributed by atoms with van der Waals surface area (Å²) in [4.78, 5) is 11.6. The molecule has 1 N–H and O–H groups in total. The molecule has 4 nitrogen and oxygen atoms in total. The first-order valence-electron chi connectivity index (χ1n) is 5.33. The highest BCUT2D eigenvalue weighted by Gasteiger charge is 2.11. The van der Waals surface area contributed by atoms with Gasteiger partial charge in [0.05, 0.1) is 13.0 Å². The minimum absolute atomic E-state index is 0.0224. The fourth-order valence-electron chi connectivity index (χ4n) is 1.37. The third kappa shape index (κ3) is 4.72. The Balaban J connectivity index is 2.51. The van der Waals surface area contributed by atoms with Gasteiger partial charge in [0, 0.05) is 18.7 Å². The van der Waals surface area contributed by atoms with Crippen LogP contribution in [0.15, 0.2) is 22.7 Å². The van der Waals surface area contributed by atoms with Gasteiger partial charge in [0.15, 0.2) is 6.29 Å². The van der Waals surface area contributed by atoms with E-state index in [0.717, 1.165) is 4.47 Å². The third-order valence-corrected chi connectivity index (χ3v) is 2.84. The van der Waals surface area contributed by atoms with Crippen LogP contribution in [-0.4, -0.2) is 33.0 Å². The van der Waals surface area contributed by atoms with E-state index >= 15 is 0 Å². The van der Waals surface area contributed by atoms with Crippen molar-refractivity contribution >= 4 is 21.8 Å². The zero-order chi connectivity index (χ0) is 13.5. The summed E-state index contributed by atoms with van der Waals surface area (Å²) >= 11 is 3.23. The molecule has 100 valence electrons. The van der Waals surface area contributed by atoms with E-state index in [1.54, 1.807) is 12.1 Å². The molecule has 1 amide bonds. The van der Waals surface area contributed by atoms with E-state index in [4.69, 9.17) is 9.47 Å². The largest absolute Gasteiger partial charge is 0.354 e. The van der Waals surface area contributed by atoms with E-state index < -0.39 is 12.1 Å². The van der Waals surface area contributed by atoms with Crippen molar-refractivity contribution in [2.24, 2.45) is 0 Å². The SMILES string of the molecule is COC(CNC(=O)Cc1cc(Br)ccc1F)OC. The Bertz CT molecular complexity index is 410. The van der Waals surface area contributed by atoms with Crippen molar-refractivity contribution in [3.8, 4) is 0 Å². The van der Waals surface area contributed by atoms with E-state index in [1.165, 1.54) is 20.3 Å². The van der Waals surface area contributed by atoms with Crippen molar-refractivity contribution in [2.75, 3.05) is 20.8 Å². The molecule has 1 aromatic rings. The van der Waals surface area contributed by atoms with E-state index in [9.17, 15) is 9.18 Å². The van der Waals surface area contributed by atoms with E-state index in [1.807, 2.05) is 0 Å². The molecule has 0 aliphatic heterocycles. The Morgan fingerprint density at radius 3 is 2.72 bits per heavy atom. The molecule has 0 spiro atoms. The van der Waals surface area contributed by atoms with Gasteiger partial charge in [-0.1, -0.05) is 15.9 Å². The molecule has 6 heteroatoms. The van der Waals surface area contributed by atoms with Crippen molar-refractivity contribution < 1.29 is 18.7 Å². The number of halogens is 2. The lowest BCUT2D eigenvalue weighted by Gasteiger charge is -2.14. The van der Waals surface area contributed by atoms with Crippen LogP contribution in [0.25, 0.3) is 0 Å². The van der Waals surface area contributed by atoms with Crippen LogP contribution in [0.2, 0.25) is 0 Å². The minimum atomic E-state index is -0.499. The Morgan fingerprint density at radius 1 is 1.44 bits per heavy atom. The Labute approximate surface area is 114 Å². The zero-order valence-corrected chi connectivity index (χ0v) is 11.8. The summed E-state index contributed by atoms with van der Waals surface area (Å²) in [6, 6.07) is 4.49. The fraction of sp³-hybridized carbons (Fsp3) is 0.417. The lowest BCUT2D eigenvalue weighted by atomic mass is 10.1. The molecule has 0 saturated heterocycles. The molecule has 0 atom stereocenters. The quantitative estimate of drug-likeness (QED) is 0.814. The second-order valence-corrected chi connectivity index (χ2v) is 4.53. The summed E-state index contributed by atoms with van der Waals surface area (Å²) in [5.74, 6) is -0.686. The van der Waals surface area contributed by atoms with Crippen molar-refractivity contribution in [3.05, 3.63) is 34.1 Å². The van der Waals surface area contributed by atoms with E-state index in [0.29, 0.717) is 5.56 Å². The number of hydrogen-bond donors (Lipinski definition) is 1. The summed E-state index contributed by atoms with van der Waals surface area (Å²) in [5, 5.41) is 2.61. The Kier molecular flexibility index (Phi) is 6.24. The first kappa shape index (κ1) is 15.1. The average molecular weight is 320 g/mol. The van der Waals surface area contributed by atoms with Crippen molar-refractivity contribution in [3.63, 3.8) is 0 Å². The predicted octanol–water partition coefficient (Wildman–Crippen LogP) is 1.87. The highest BCUT2D eigenvalue weighted by atomic mass is 79.9. The van der Waals surface area contributed by atoms with Gasteiger partial charge in [-0.3, -0.25) is 4.79 Å². The number of hydrogen-bond acceptors (Lipinski definition) is 3. The highest BCUT2D eigenvalue weighted by Crippen LogP contribution is 2.15. The smallest absolute Gasteiger partial charge is 0.224 e. The van der Waals surface area contributed by atoms with Gasteiger partial charge in [0.25, 0.3) is 0 Å². The number of carbonyl (C=O) groups is 1. The predicted molar refractivity (Wildman–Crippen MR) is 68.6 cm³/mol. The maximum atomic E-state index is 13.4. The number of ether oxygens (including phenoxy) is 2. The maximum absolute atomic E-state index is 13.4. The lowest BCUT2D eigenvalue weighted by Crippen LogP contribution is -2.35. The Morgan fingerprint density at radius 2 is 2.11 bits per heavy atom. The summed E-state index contributed by atoms with van der Waals surface area (Å²) in [7, 11) is 2.96. The average Bonchev–Trinajstić information content (AvgIpc) is 2.35. The summed E-state index contributed by atoms with van der Waals surface area (Å²) in [6.07, 6.45) is -0.521. The molecule has 0 saturated carbocycles. The van der Waals surface area contributed by atoms with Crippen LogP contribution in [-0.2, 0) is 20.7 Å². The molecule has 0 unspecified atom stereocenters. The first-order chi connectivity index (χ1) is 8.56. The number of amides is 1. The maximum Gasteiger partial charge on any atom is 0.224 e. The van der Waals surface area contributed by atoms with Gasteiger partial charge in [0.2, 0.25) is 5.91 Å². The second kappa shape index (κ2) is 7.45. The first-order valence-corrected chi connectivity index (χ1v) is 6.12. The van der Waals surface area contributed by atoms with Crippen LogP contribution < -0.4 is 5.32 Å². The van der Waals surface area contributed by atoms with Crippen LogP contribution in [0, 0.1) is 5.82 Å². The molecule has 0 aliphatic rings. The molecule has 0 bridgehead atoms. The van der Waals surface area contributed by atoms with Gasteiger partial charge < -0.3 is 14.8 Å². The lowest BCUT2D eigenvalue weighted by molar-refractivity contribution is -0.126. The minimum Gasteiger partial charge on any atom is -0.354 e. The van der Waals surface area contributed by atoms with Gasteiger partial charge in [-0.15, -0.1) is 0 Å². The van der Waals surface area contributed by atoms with Gasteiger partial charge in [-0.05, 0) is 23.8 Å². The molecule has 18 heavy (non-hydrogen) atoms. The van der Waals surface area contributed by atoms with Gasteiger partial charge in [0.1, 0.15) is 5.82 Å². The van der Waals surface area contributed by atoms with E-state index in [-0.39, 0.29) is 18.9 Å². The highest BCUT2D eigenvalue weighted by molar-refractivity contribution is 9.10. The van der Waals surface area contributed by atoms with Crippen molar-refractivity contribution in [1.29, 1.82) is 0 Å². The normalized spacial score (nSPS) is 10.7. The van der Waals surface area contributed by atoms with Crippen LogP contribution in [0.5, 0.6) is 0 Å². The summed E-state index contributed by atoms with van der Waals surface area (Å²) in [5.41, 5.74) is 0.341. The third-order valence-electron chi connectivity index (χ3n) is 2.35. The van der Waals surface area contributed by atoms with Crippen LogP contribution in [0.1, 0.15) is 5.56 Å². The zero-order valence-electron chi connectivity index (χ0n) is 10.2. The monoisotopic (exact) mass is 319 g/mol. The number of nitrogens with one attached hydrogen (secondary N) is 1. The summed E-state index contributed by atoms with van der Waals surface area (Å²) in [6.45, 7) is 0.224. The fourth-order valence-corrected chi connectivity index (χ4v) is 1.78.